The first-order chi connectivity index (χ1) is 15.5. The van der Waals surface area contributed by atoms with Crippen molar-refractivity contribution in [2.75, 3.05) is 33.9 Å². The summed E-state index contributed by atoms with van der Waals surface area (Å²) in [5.74, 6) is 1.22. The molecule has 32 heavy (non-hydrogen) atoms. The Morgan fingerprint density at radius 2 is 1.97 bits per heavy atom. The molecule has 0 bridgehead atoms. The number of thiazole rings is 1. The van der Waals surface area contributed by atoms with Crippen molar-refractivity contribution in [1.82, 2.24) is 14.3 Å². The molecule has 170 valence electrons. The SMILES string of the molecule is CCOC(=O)C1CCN(C(=O)Cc2csc3nc(-c4cc(OC)ccc4OC)cn23)CC1. The van der Waals surface area contributed by atoms with Crippen LogP contribution in [0.5, 0.6) is 11.5 Å². The molecule has 1 amide bonds. The average Bonchev–Trinajstić information content (AvgIpc) is 3.40. The molecule has 1 aromatic carbocycles. The highest BCUT2D eigenvalue weighted by atomic mass is 32.1. The highest BCUT2D eigenvalue weighted by Crippen LogP contribution is 2.34. The third-order valence-corrected chi connectivity index (χ3v) is 6.65. The zero-order valence-corrected chi connectivity index (χ0v) is 19.3. The quantitative estimate of drug-likeness (QED) is 0.506. The fourth-order valence-electron chi connectivity index (χ4n) is 3.99. The molecule has 8 nitrogen and oxygen atoms in total. The van der Waals surface area contributed by atoms with E-state index in [1.165, 1.54) is 11.3 Å². The molecule has 4 rings (SSSR count). The average molecular weight is 458 g/mol. The summed E-state index contributed by atoms with van der Waals surface area (Å²) in [4.78, 5) is 32.2. The van der Waals surface area contributed by atoms with Crippen LogP contribution in [0.3, 0.4) is 0 Å². The number of carbonyl (C=O) groups excluding carboxylic acids is 2. The Balaban J connectivity index is 1.48. The Kier molecular flexibility index (Phi) is 6.64. The number of piperidine rings is 1. The molecule has 0 aliphatic carbocycles. The van der Waals surface area contributed by atoms with Crippen LogP contribution in [0.15, 0.2) is 29.8 Å². The Bertz CT molecular complexity index is 1110. The molecule has 0 unspecified atom stereocenters. The summed E-state index contributed by atoms with van der Waals surface area (Å²) < 4.78 is 17.9. The largest absolute Gasteiger partial charge is 0.497 e. The van der Waals surface area contributed by atoms with Crippen molar-refractivity contribution in [2.45, 2.75) is 26.2 Å². The molecule has 0 saturated carbocycles. The lowest BCUT2D eigenvalue weighted by Crippen LogP contribution is -2.41. The number of ether oxygens (including phenoxy) is 3. The lowest BCUT2D eigenvalue weighted by atomic mass is 9.97. The molecule has 0 atom stereocenters. The number of nitrogens with zero attached hydrogens (tertiary/aromatic N) is 3. The fraction of sp³-hybridized carbons (Fsp3) is 0.435. The molecule has 2 aromatic heterocycles. The molecule has 1 saturated heterocycles. The highest BCUT2D eigenvalue weighted by molar-refractivity contribution is 7.15. The zero-order chi connectivity index (χ0) is 22.7. The first-order valence-corrected chi connectivity index (χ1v) is 11.5. The van der Waals surface area contributed by atoms with Crippen molar-refractivity contribution in [1.29, 1.82) is 0 Å². The number of benzene rings is 1. The minimum atomic E-state index is -0.155. The van der Waals surface area contributed by atoms with Gasteiger partial charge < -0.3 is 19.1 Å². The van der Waals surface area contributed by atoms with E-state index in [0.29, 0.717) is 38.3 Å². The maximum Gasteiger partial charge on any atom is 0.309 e. The van der Waals surface area contributed by atoms with Crippen LogP contribution in [0.4, 0.5) is 0 Å². The zero-order valence-electron chi connectivity index (χ0n) is 18.5. The van der Waals surface area contributed by atoms with Gasteiger partial charge in [-0.05, 0) is 38.0 Å². The third kappa shape index (κ3) is 4.43. The number of hydrogen-bond acceptors (Lipinski definition) is 7. The summed E-state index contributed by atoms with van der Waals surface area (Å²) in [7, 11) is 3.25. The minimum absolute atomic E-state index is 0.0567. The van der Waals surface area contributed by atoms with Crippen LogP contribution < -0.4 is 9.47 Å². The van der Waals surface area contributed by atoms with Gasteiger partial charge >= 0.3 is 5.97 Å². The molecule has 1 aliphatic heterocycles. The number of rotatable bonds is 7. The van der Waals surface area contributed by atoms with Crippen molar-refractivity contribution in [3.05, 3.63) is 35.5 Å². The molecular formula is C23H27N3O5S. The Morgan fingerprint density at radius 3 is 2.66 bits per heavy atom. The van der Waals surface area contributed by atoms with E-state index in [2.05, 4.69) is 0 Å². The van der Waals surface area contributed by atoms with E-state index < -0.39 is 0 Å². The molecule has 9 heteroatoms. The highest BCUT2D eigenvalue weighted by Gasteiger charge is 2.28. The van der Waals surface area contributed by atoms with E-state index in [9.17, 15) is 9.59 Å². The maximum atomic E-state index is 12.9. The van der Waals surface area contributed by atoms with Gasteiger partial charge in [0.25, 0.3) is 0 Å². The van der Waals surface area contributed by atoms with E-state index in [1.54, 1.807) is 14.2 Å². The summed E-state index contributed by atoms with van der Waals surface area (Å²) in [6.45, 7) is 3.35. The van der Waals surface area contributed by atoms with Gasteiger partial charge in [-0.25, -0.2) is 4.98 Å². The molecule has 1 aliphatic rings. The maximum absolute atomic E-state index is 12.9. The van der Waals surface area contributed by atoms with Crippen molar-refractivity contribution in [2.24, 2.45) is 5.92 Å². The second-order valence-corrected chi connectivity index (χ2v) is 8.49. The summed E-state index contributed by atoms with van der Waals surface area (Å²) in [5, 5.41) is 1.97. The van der Waals surface area contributed by atoms with Crippen molar-refractivity contribution in [3.63, 3.8) is 0 Å². The van der Waals surface area contributed by atoms with E-state index >= 15 is 0 Å². The number of likely N-dealkylation sites (tertiary alicyclic amines) is 1. The standard InChI is InChI=1S/C23H27N3O5S/c1-4-31-22(28)15-7-9-25(10-8-15)21(27)11-16-14-32-23-24-19(13-26(16)23)18-12-17(29-2)5-6-20(18)30-3/h5-6,12-15H,4,7-11H2,1-3H3. The van der Waals surface area contributed by atoms with Crippen LogP contribution in [-0.2, 0) is 20.7 Å². The predicted octanol–water partition coefficient (Wildman–Crippen LogP) is 3.42. The predicted molar refractivity (Wildman–Crippen MR) is 121 cm³/mol. The van der Waals surface area contributed by atoms with Gasteiger partial charge in [0.1, 0.15) is 11.5 Å². The minimum Gasteiger partial charge on any atom is -0.497 e. The van der Waals surface area contributed by atoms with Gasteiger partial charge in [0.2, 0.25) is 5.91 Å². The lowest BCUT2D eigenvalue weighted by molar-refractivity contribution is -0.151. The third-order valence-electron chi connectivity index (χ3n) is 5.77. The summed E-state index contributed by atoms with van der Waals surface area (Å²) in [6, 6.07) is 5.59. The van der Waals surface area contributed by atoms with Crippen LogP contribution in [0, 0.1) is 5.92 Å². The number of hydrogen-bond donors (Lipinski definition) is 0. The molecule has 3 aromatic rings. The number of imidazole rings is 1. The van der Waals surface area contributed by atoms with Crippen LogP contribution in [0.25, 0.3) is 16.2 Å². The number of aromatic nitrogens is 2. The van der Waals surface area contributed by atoms with E-state index in [1.807, 2.05) is 46.0 Å². The second kappa shape index (κ2) is 9.60. The van der Waals surface area contributed by atoms with Gasteiger partial charge in [-0.3, -0.25) is 14.0 Å². The normalized spacial score (nSPS) is 14.5. The van der Waals surface area contributed by atoms with Crippen molar-refractivity contribution < 1.29 is 23.8 Å². The molecular weight excluding hydrogens is 430 g/mol. The number of esters is 1. The van der Waals surface area contributed by atoms with Crippen molar-refractivity contribution >= 4 is 28.2 Å². The molecule has 3 heterocycles. The van der Waals surface area contributed by atoms with E-state index in [4.69, 9.17) is 19.2 Å². The fourth-order valence-corrected chi connectivity index (χ4v) is 4.86. The Morgan fingerprint density at radius 1 is 1.19 bits per heavy atom. The van der Waals surface area contributed by atoms with Gasteiger partial charge in [0.15, 0.2) is 4.96 Å². The van der Waals surface area contributed by atoms with Crippen LogP contribution in [0.2, 0.25) is 0 Å². The van der Waals surface area contributed by atoms with Gasteiger partial charge in [-0.15, -0.1) is 11.3 Å². The number of fused-ring (bicyclic) bond motifs is 1. The van der Waals surface area contributed by atoms with Gasteiger partial charge in [0, 0.05) is 35.9 Å². The monoisotopic (exact) mass is 457 g/mol. The van der Waals surface area contributed by atoms with Crippen molar-refractivity contribution in [3.8, 4) is 22.8 Å². The first-order valence-electron chi connectivity index (χ1n) is 10.7. The molecule has 0 spiro atoms. The van der Waals surface area contributed by atoms with Gasteiger partial charge in [0.05, 0.1) is 38.9 Å². The summed E-state index contributed by atoms with van der Waals surface area (Å²) >= 11 is 1.50. The molecule has 0 radical (unpaired) electrons. The van der Waals surface area contributed by atoms with Gasteiger partial charge in [-0.1, -0.05) is 0 Å². The lowest BCUT2D eigenvalue weighted by Gasteiger charge is -2.30. The summed E-state index contributed by atoms with van der Waals surface area (Å²) in [6.07, 6.45) is 3.51. The molecule has 0 N–H and O–H groups in total. The Hall–Kier alpha value is -3.07. The number of amides is 1. The summed E-state index contributed by atoms with van der Waals surface area (Å²) in [5.41, 5.74) is 2.49. The number of carbonyl (C=O) groups is 2. The number of methoxy groups -OCH3 is 2. The Labute approximate surface area is 190 Å². The van der Waals surface area contributed by atoms with Crippen LogP contribution >= 0.6 is 11.3 Å². The molecule has 1 fully saturated rings. The van der Waals surface area contributed by atoms with E-state index in [0.717, 1.165) is 27.7 Å². The topological polar surface area (TPSA) is 82.4 Å². The van der Waals surface area contributed by atoms with Crippen LogP contribution in [0.1, 0.15) is 25.5 Å². The van der Waals surface area contributed by atoms with Gasteiger partial charge in [-0.2, -0.15) is 0 Å². The second-order valence-electron chi connectivity index (χ2n) is 7.66. The smallest absolute Gasteiger partial charge is 0.309 e. The van der Waals surface area contributed by atoms with Crippen LogP contribution in [-0.4, -0.2) is 60.1 Å². The first kappa shape index (κ1) is 22.1. The van der Waals surface area contributed by atoms with E-state index in [-0.39, 0.29) is 24.2 Å².